The van der Waals surface area contributed by atoms with Crippen LogP contribution in [0.5, 0.6) is 0 Å². The van der Waals surface area contributed by atoms with Gasteiger partial charge in [-0.25, -0.2) is 12.8 Å². The lowest BCUT2D eigenvalue weighted by Crippen LogP contribution is -2.37. The Balaban J connectivity index is 1.89. The van der Waals surface area contributed by atoms with Crippen molar-refractivity contribution in [2.75, 3.05) is 11.9 Å². The van der Waals surface area contributed by atoms with Gasteiger partial charge in [-0.2, -0.15) is 4.31 Å². The monoisotopic (exact) mass is 578 g/mol. The summed E-state index contributed by atoms with van der Waals surface area (Å²) in [7, 11) is -4.05. The van der Waals surface area contributed by atoms with Crippen molar-refractivity contribution in [1.29, 1.82) is 0 Å². The zero-order valence-corrected chi connectivity index (χ0v) is 20.8. The maximum absolute atomic E-state index is 13.4. The van der Waals surface area contributed by atoms with Crippen LogP contribution in [-0.2, 0) is 21.4 Å². The van der Waals surface area contributed by atoms with Crippen LogP contribution in [0.15, 0.2) is 70.0 Å². The second-order valence-corrected chi connectivity index (χ2v) is 10.7. The van der Waals surface area contributed by atoms with Gasteiger partial charge in [0, 0.05) is 16.7 Å². The maximum Gasteiger partial charge on any atom is 0.243 e. The van der Waals surface area contributed by atoms with Gasteiger partial charge in [-0.1, -0.05) is 56.8 Å². The average molecular weight is 581 g/mol. The van der Waals surface area contributed by atoms with Crippen molar-refractivity contribution < 1.29 is 17.6 Å². The molecule has 0 aliphatic rings. The van der Waals surface area contributed by atoms with E-state index in [1.165, 1.54) is 30.3 Å². The summed E-state index contributed by atoms with van der Waals surface area (Å²) in [6.45, 7) is -0.638. The van der Waals surface area contributed by atoms with Crippen LogP contribution in [0.3, 0.4) is 0 Å². The highest BCUT2D eigenvalue weighted by molar-refractivity contribution is 9.10. The largest absolute Gasteiger partial charge is 0.325 e. The summed E-state index contributed by atoms with van der Waals surface area (Å²) in [6, 6.07) is 14.4. The first-order chi connectivity index (χ1) is 15.1. The standard InChI is InChI=1S/C21H15BrCl3FN2O3S/c22-14-2-5-16(6-3-14)32(30,31)28(11-13-1-7-17(23)18(24)9-13)12-21(29)27-15-4-8-20(26)19(25)10-15/h1-10H,11-12H2,(H,27,29). The zero-order valence-electron chi connectivity index (χ0n) is 16.2. The van der Waals surface area contributed by atoms with Crippen LogP contribution in [0.4, 0.5) is 10.1 Å². The average Bonchev–Trinajstić information content (AvgIpc) is 2.73. The van der Waals surface area contributed by atoms with Crippen LogP contribution in [0, 0.1) is 5.82 Å². The molecular formula is C21H15BrCl3FN2O3S. The molecule has 0 saturated carbocycles. The van der Waals surface area contributed by atoms with Gasteiger partial charge in [-0.15, -0.1) is 0 Å². The topological polar surface area (TPSA) is 66.5 Å². The van der Waals surface area contributed by atoms with E-state index in [0.29, 0.717) is 15.1 Å². The lowest BCUT2D eigenvalue weighted by Gasteiger charge is -2.22. The fourth-order valence-corrected chi connectivity index (χ4v) is 4.91. The van der Waals surface area contributed by atoms with Crippen molar-refractivity contribution in [3.63, 3.8) is 0 Å². The Morgan fingerprint density at radius 2 is 1.62 bits per heavy atom. The van der Waals surface area contributed by atoms with Crippen molar-refractivity contribution in [1.82, 2.24) is 4.31 Å². The summed E-state index contributed by atoms with van der Waals surface area (Å²) in [5.41, 5.74) is 0.773. The first kappa shape index (κ1) is 25.0. The molecule has 1 amide bonds. The number of hydrogen-bond acceptors (Lipinski definition) is 3. The van der Waals surface area contributed by atoms with Gasteiger partial charge in [0.15, 0.2) is 0 Å². The predicted octanol–water partition coefficient (Wildman–Crippen LogP) is 6.38. The maximum atomic E-state index is 13.4. The minimum atomic E-state index is -4.05. The number of rotatable bonds is 7. The Morgan fingerprint density at radius 1 is 0.938 bits per heavy atom. The van der Waals surface area contributed by atoms with E-state index in [0.717, 1.165) is 10.4 Å². The summed E-state index contributed by atoms with van der Waals surface area (Å²) in [5.74, 6) is -1.27. The molecular weight excluding hydrogens is 566 g/mol. The van der Waals surface area contributed by atoms with E-state index in [9.17, 15) is 17.6 Å². The number of sulfonamides is 1. The molecule has 0 unspecified atom stereocenters. The number of nitrogens with zero attached hydrogens (tertiary/aromatic N) is 1. The quantitative estimate of drug-likeness (QED) is 0.353. The van der Waals surface area contributed by atoms with E-state index >= 15 is 0 Å². The van der Waals surface area contributed by atoms with Gasteiger partial charge in [0.25, 0.3) is 0 Å². The molecule has 0 radical (unpaired) electrons. The highest BCUT2D eigenvalue weighted by Crippen LogP contribution is 2.26. The van der Waals surface area contributed by atoms with Crippen LogP contribution in [0.1, 0.15) is 5.56 Å². The lowest BCUT2D eigenvalue weighted by atomic mass is 10.2. The number of nitrogens with one attached hydrogen (secondary N) is 1. The molecule has 1 N–H and O–H groups in total. The molecule has 0 aliphatic heterocycles. The fourth-order valence-electron chi connectivity index (χ4n) is 2.76. The van der Waals surface area contributed by atoms with E-state index in [1.54, 1.807) is 24.3 Å². The third-order valence-electron chi connectivity index (χ3n) is 4.32. The number of carbonyl (C=O) groups is 1. The molecule has 5 nitrogen and oxygen atoms in total. The fraction of sp³-hybridized carbons (Fsp3) is 0.0952. The van der Waals surface area contributed by atoms with Crippen molar-refractivity contribution in [3.05, 3.63) is 91.6 Å². The second kappa shape index (κ2) is 10.5. The van der Waals surface area contributed by atoms with E-state index in [-0.39, 0.29) is 27.2 Å². The number of hydrogen-bond donors (Lipinski definition) is 1. The first-order valence-corrected chi connectivity index (χ1v) is 12.4. The smallest absolute Gasteiger partial charge is 0.243 e. The molecule has 0 heterocycles. The highest BCUT2D eigenvalue weighted by Gasteiger charge is 2.27. The minimum Gasteiger partial charge on any atom is -0.325 e. The molecule has 3 aromatic rings. The summed E-state index contributed by atoms with van der Waals surface area (Å²) in [5, 5.41) is 2.94. The minimum absolute atomic E-state index is 0.0124. The van der Waals surface area contributed by atoms with Crippen molar-refractivity contribution in [2.45, 2.75) is 11.4 Å². The Morgan fingerprint density at radius 3 is 2.25 bits per heavy atom. The van der Waals surface area contributed by atoms with Gasteiger partial charge < -0.3 is 5.32 Å². The first-order valence-electron chi connectivity index (χ1n) is 9.01. The molecule has 0 saturated heterocycles. The van der Waals surface area contributed by atoms with Gasteiger partial charge in [-0.3, -0.25) is 4.79 Å². The van der Waals surface area contributed by atoms with E-state index < -0.39 is 28.3 Å². The van der Waals surface area contributed by atoms with E-state index in [1.807, 2.05) is 0 Å². The summed E-state index contributed by atoms with van der Waals surface area (Å²) >= 11 is 21.0. The number of anilines is 1. The third-order valence-corrected chi connectivity index (χ3v) is 7.68. The van der Waals surface area contributed by atoms with Gasteiger partial charge in [0.2, 0.25) is 15.9 Å². The number of halogens is 5. The van der Waals surface area contributed by atoms with Gasteiger partial charge in [0.1, 0.15) is 5.82 Å². The molecule has 0 aromatic heterocycles. The van der Waals surface area contributed by atoms with Gasteiger partial charge in [0.05, 0.1) is 26.5 Å². The van der Waals surface area contributed by atoms with Crippen molar-refractivity contribution in [2.24, 2.45) is 0 Å². The second-order valence-electron chi connectivity index (χ2n) is 6.65. The number of carbonyl (C=O) groups excluding carboxylic acids is 1. The van der Waals surface area contributed by atoms with Gasteiger partial charge in [-0.05, 0) is 60.2 Å². The van der Waals surface area contributed by atoms with Crippen molar-refractivity contribution in [3.8, 4) is 0 Å². The lowest BCUT2D eigenvalue weighted by molar-refractivity contribution is -0.116. The van der Waals surface area contributed by atoms with Crippen LogP contribution in [0.2, 0.25) is 15.1 Å². The van der Waals surface area contributed by atoms with Crippen LogP contribution >= 0.6 is 50.7 Å². The Labute approximate surface area is 208 Å². The van der Waals surface area contributed by atoms with Gasteiger partial charge >= 0.3 is 0 Å². The Bertz CT molecular complexity index is 1260. The Kier molecular flexibility index (Phi) is 8.19. The van der Waals surface area contributed by atoms with Crippen LogP contribution in [0.25, 0.3) is 0 Å². The molecule has 32 heavy (non-hydrogen) atoms. The van der Waals surface area contributed by atoms with Crippen molar-refractivity contribution >= 4 is 72.4 Å². The highest BCUT2D eigenvalue weighted by atomic mass is 79.9. The number of benzene rings is 3. The molecule has 0 aliphatic carbocycles. The third kappa shape index (κ3) is 6.21. The molecule has 3 rings (SSSR count). The van der Waals surface area contributed by atoms with Crippen LogP contribution in [-0.4, -0.2) is 25.2 Å². The Hall–Kier alpha value is -1.68. The summed E-state index contributed by atoms with van der Waals surface area (Å²) in [4.78, 5) is 12.7. The predicted molar refractivity (Wildman–Crippen MR) is 128 cm³/mol. The molecule has 0 spiro atoms. The molecule has 0 fully saturated rings. The molecule has 3 aromatic carbocycles. The molecule has 11 heteroatoms. The normalized spacial score (nSPS) is 11.6. The SMILES string of the molecule is O=C(CN(Cc1ccc(Cl)c(Cl)c1)S(=O)(=O)c1ccc(Br)cc1)Nc1ccc(F)c(Cl)c1. The summed E-state index contributed by atoms with van der Waals surface area (Å²) < 4.78 is 41.7. The van der Waals surface area contributed by atoms with Crippen LogP contribution < -0.4 is 5.32 Å². The summed E-state index contributed by atoms with van der Waals surface area (Å²) in [6.07, 6.45) is 0. The zero-order chi connectivity index (χ0) is 23.5. The molecule has 0 atom stereocenters. The molecule has 168 valence electrons. The number of amides is 1. The van der Waals surface area contributed by atoms with E-state index in [4.69, 9.17) is 34.8 Å². The molecule has 0 bridgehead atoms. The van der Waals surface area contributed by atoms with E-state index in [2.05, 4.69) is 21.2 Å².